The lowest BCUT2D eigenvalue weighted by Crippen LogP contribution is -2.50. The van der Waals surface area contributed by atoms with E-state index in [0.717, 1.165) is 13.1 Å². The van der Waals surface area contributed by atoms with Crippen molar-refractivity contribution in [2.24, 2.45) is 0 Å². The van der Waals surface area contributed by atoms with Crippen molar-refractivity contribution in [3.63, 3.8) is 0 Å². The highest BCUT2D eigenvalue weighted by atomic mass is 35.5. The number of aromatic nitrogens is 2. The molecule has 14 heavy (non-hydrogen) atoms. The van der Waals surface area contributed by atoms with E-state index in [1.165, 1.54) is 6.33 Å². The van der Waals surface area contributed by atoms with Gasteiger partial charge < -0.3 is 10.1 Å². The first-order valence-electron chi connectivity index (χ1n) is 3.98. The van der Waals surface area contributed by atoms with Crippen molar-refractivity contribution in [1.29, 1.82) is 5.26 Å². The van der Waals surface area contributed by atoms with Gasteiger partial charge in [0.05, 0.1) is 0 Å². The zero-order valence-corrected chi connectivity index (χ0v) is 8.12. The van der Waals surface area contributed by atoms with Crippen LogP contribution in [0.4, 0.5) is 0 Å². The fourth-order valence-corrected chi connectivity index (χ4v) is 0.981. The summed E-state index contributed by atoms with van der Waals surface area (Å²) >= 11 is 0. The molecule has 2 rings (SSSR count). The molecule has 0 spiro atoms. The molecular weight excluding hydrogens is 204 g/mol. The Bertz CT molecular complexity index is 347. The maximum Gasteiger partial charge on any atom is 0.218 e. The van der Waals surface area contributed by atoms with Crippen LogP contribution in [0.2, 0.25) is 0 Å². The van der Waals surface area contributed by atoms with Gasteiger partial charge in [-0.05, 0) is 0 Å². The number of rotatable bonds is 2. The molecule has 0 radical (unpaired) electrons. The molecule has 0 unspecified atom stereocenters. The standard InChI is InChI=1S/C8H8N4O.ClH/c9-2-6-1-8(12-5-11-6)13-7-3-10-4-7;/h1,5,7,10H,3-4H2;1H. The summed E-state index contributed by atoms with van der Waals surface area (Å²) in [4.78, 5) is 7.64. The van der Waals surface area contributed by atoms with E-state index in [2.05, 4.69) is 15.3 Å². The van der Waals surface area contributed by atoms with Crippen LogP contribution in [0.1, 0.15) is 5.69 Å². The molecule has 0 atom stereocenters. The Kier molecular flexibility index (Phi) is 3.63. The van der Waals surface area contributed by atoms with E-state index in [-0.39, 0.29) is 18.5 Å². The summed E-state index contributed by atoms with van der Waals surface area (Å²) in [7, 11) is 0. The number of halogens is 1. The number of nitrogens with one attached hydrogen (secondary N) is 1. The summed E-state index contributed by atoms with van der Waals surface area (Å²) in [6.45, 7) is 1.68. The number of ether oxygens (including phenoxy) is 1. The van der Waals surface area contributed by atoms with E-state index in [0.29, 0.717) is 11.6 Å². The minimum atomic E-state index is 0. The number of nitriles is 1. The monoisotopic (exact) mass is 212 g/mol. The SMILES string of the molecule is Cl.N#Cc1cc(OC2CNC2)ncn1. The van der Waals surface area contributed by atoms with Gasteiger partial charge in [0.15, 0.2) is 0 Å². The molecule has 0 aliphatic carbocycles. The number of hydrogen-bond donors (Lipinski definition) is 1. The normalized spacial score (nSPS) is 14.8. The fraction of sp³-hybridized carbons (Fsp3) is 0.375. The van der Waals surface area contributed by atoms with Gasteiger partial charge in [0, 0.05) is 19.2 Å². The maximum atomic E-state index is 8.56. The Labute approximate surface area is 87.5 Å². The molecule has 0 amide bonds. The Morgan fingerprint density at radius 2 is 2.29 bits per heavy atom. The number of nitrogens with zero attached hydrogens (tertiary/aromatic N) is 3. The number of hydrogen-bond acceptors (Lipinski definition) is 5. The van der Waals surface area contributed by atoms with E-state index in [9.17, 15) is 0 Å². The van der Waals surface area contributed by atoms with E-state index in [4.69, 9.17) is 10.00 Å². The van der Waals surface area contributed by atoms with Gasteiger partial charge in [-0.1, -0.05) is 0 Å². The van der Waals surface area contributed by atoms with Crippen molar-refractivity contribution in [1.82, 2.24) is 15.3 Å². The molecule has 1 fully saturated rings. The fourth-order valence-electron chi connectivity index (χ4n) is 0.981. The molecule has 0 bridgehead atoms. The third-order valence-corrected chi connectivity index (χ3v) is 1.79. The van der Waals surface area contributed by atoms with Crippen LogP contribution in [0.25, 0.3) is 0 Å². The summed E-state index contributed by atoms with van der Waals surface area (Å²) in [5.74, 6) is 0.470. The Balaban J connectivity index is 0.000000980. The predicted octanol–water partition coefficient (Wildman–Crippen LogP) is 0.121. The van der Waals surface area contributed by atoms with Crippen LogP contribution in [0.5, 0.6) is 5.88 Å². The average Bonchev–Trinajstić information content (AvgIpc) is 2.12. The minimum absolute atomic E-state index is 0. The van der Waals surface area contributed by atoms with Gasteiger partial charge in [0.25, 0.3) is 0 Å². The molecular formula is C8H9ClN4O. The molecule has 0 saturated carbocycles. The van der Waals surface area contributed by atoms with Crippen LogP contribution in [-0.2, 0) is 0 Å². The quantitative estimate of drug-likeness (QED) is 0.754. The van der Waals surface area contributed by atoms with Gasteiger partial charge in [0.1, 0.15) is 24.2 Å². The van der Waals surface area contributed by atoms with Crippen LogP contribution in [0.15, 0.2) is 12.4 Å². The van der Waals surface area contributed by atoms with Gasteiger partial charge in [-0.2, -0.15) is 5.26 Å². The molecule has 1 aromatic rings. The van der Waals surface area contributed by atoms with Gasteiger partial charge in [-0.25, -0.2) is 9.97 Å². The van der Waals surface area contributed by atoms with E-state index in [1.807, 2.05) is 6.07 Å². The van der Waals surface area contributed by atoms with Crippen LogP contribution >= 0.6 is 12.4 Å². The molecule has 1 aromatic heterocycles. The van der Waals surface area contributed by atoms with Crippen molar-refractivity contribution in [2.75, 3.05) is 13.1 Å². The average molecular weight is 213 g/mol. The van der Waals surface area contributed by atoms with E-state index >= 15 is 0 Å². The molecule has 1 aliphatic rings. The topological polar surface area (TPSA) is 70.8 Å². The second kappa shape index (κ2) is 4.74. The molecule has 1 N–H and O–H groups in total. The molecule has 6 heteroatoms. The summed E-state index contributed by atoms with van der Waals surface area (Å²) < 4.78 is 5.43. The molecule has 2 heterocycles. The van der Waals surface area contributed by atoms with Crippen molar-refractivity contribution >= 4 is 12.4 Å². The van der Waals surface area contributed by atoms with Crippen molar-refractivity contribution in [2.45, 2.75) is 6.10 Å². The largest absolute Gasteiger partial charge is 0.472 e. The predicted molar refractivity (Wildman–Crippen MR) is 51.3 cm³/mol. The zero-order chi connectivity index (χ0) is 9.10. The Morgan fingerprint density at radius 3 is 2.86 bits per heavy atom. The highest BCUT2D eigenvalue weighted by Crippen LogP contribution is 2.09. The molecule has 0 aromatic carbocycles. The first-order chi connectivity index (χ1) is 6.38. The minimum Gasteiger partial charge on any atom is -0.472 e. The van der Waals surface area contributed by atoms with Gasteiger partial charge in [-0.15, -0.1) is 12.4 Å². The summed E-state index contributed by atoms with van der Waals surface area (Å²) in [5, 5.41) is 11.6. The van der Waals surface area contributed by atoms with Crippen LogP contribution < -0.4 is 10.1 Å². The molecule has 5 nitrogen and oxygen atoms in total. The lowest BCUT2D eigenvalue weighted by Gasteiger charge is -2.26. The van der Waals surface area contributed by atoms with Crippen LogP contribution in [-0.4, -0.2) is 29.2 Å². The van der Waals surface area contributed by atoms with Gasteiger partial charge in [0.2, 0.25) is 5.88 Å². The second-order valence-electron chi connectivity index (χ2n) is 2.75. The smallest absolute Gasteiger partial charge is 0.218 e. The summed E-state index contributed by atoms with van der Waals surface area (Å²) in [5.41, 5.74) is 0.331. The first-order valence-corrected chi connectivity index (χ1v) is 3.98. The Morgan fingerprint density at radius 1 is 1.50 bits per heavy atom. The molecule has 1 aliphatic heterocycles. The Hall–Kier alpha value is -1.38. The first kappa shape index (κ1) is 10.7. The van der Waals surface area contributed by atoms with Crippen LogP contribution in [0, 0.1) is 11.3 Å². The van der Waals surface area contributed by atoms with Gasteiger partial charge >= 0.3 is 0 Å². The second-order valence-corrected chi connectivity index (χ2v) is 2.75. The van der Waals surface area contributed by atoms with Crippen molar-refractivity contribution in [3.8, 4) is 11.9 Å². The van der Waals surface area contributed by atoms with Crippen molar-refractivity contribution in [3.05, 3.63) is 18.1 Å². The van der Waals surface area contributed by atoms with Gasteiger partial charge in [-0.3, -0.25) is 0 Å². The lowest BCUT2D eigenvalue weighted by molar-refractivity contribution is 0.136. The zero-order valence-electron chi connectivity index (χ0n) is 7.30. The third-order valence-electron chi connectivity index (χ3n) is 1.79. The van der Waals surface area contributed by atoms with E-state index < -0.39 is 0 Å². The lowest BCUT2D eigenvalue weighted by atomic mass is 10.2. The molecule has 74 valence electrons. The highest BCUT2D eigenvalue weighted by Gasteiger charge is 2.18. The third kappa shape index (κ3) is 2.31. The summed E-state index contributed by atoms with van der Waals surface area (Å²) in [6, 6.07) is 3.47. The maximum absolute atomic E-state index is 8.56. The van der Waals surface area contributed by atoms with Crippen LogP contribution in [0.3, 0.4) is 0 Å². The summed E-state index contributed by atoms with van der Waals surface area (Å²) in [6.07, 6.45) is 1.52. The van der Waals surface area contributed by atoms with E-state index in [1.54, 1.807) is 6.07 Å². The highest BCUT2D eigenvalue weighted by molar-refractivity contribution is 5.85. The molecule has 1 saturated heterocycles. The van der Waals surface area contributed by atoms with Crippen molar-refractivity contribution < 1.29 is 4.74 Å².